The normalized spacial score (nSPS) is 9.50. The molecule has 3 nitrogen and oxygen atoms in total. The van der Waals surface area contributed by atoms with E-state index in [2.05, 4.69) is 4.84 Å². The highest BCUT2D eigenvalue weighted by atomic mass is 16.7. The Hall–Kier alpha value is -0.570. The summed E-state index contributed by atoms with van der Waals surface area (Å²) in [5.74, 6) is 7.41. The van der Waals surface area contributed by atoms with Gasteiger partial charge in [-0.15, -0.1) is 0 Å². The van der Waals surface area contributed by atoms with Crippen molar-refractivity contribution in [3.05, 3.63) is 0 Å². The third-order valence-corrected chi connectivity index (χ3v) is 0.677. The summed E-state index contributed by atoms with van der Waals surface area (Å²) in [4.78, 5) is 13.6. The molecule has 0 fully saturated rings. The first-order valence-electron chi connectivity index (χ1n) is 2.51. The molecule has 3 heteroatoms. The maximum Gasteiger partial charge on any atom is 0.329 e. The van der Waals surface area contributed by atoms with E-state index in [0.717, 1.165) is 0 Å². The Morgan fingerprint density at radius 2 is 2.25 bits per heavy atom. The number of rotatable bonds is 2. The zero-order chi connectivity index (χ0) is 6.57. The number of nitrogens with zero attached hydrogens (tertiary/aromatic N) is 1. The minimum Gasteiger partial charge on any atom is -0.329 e. The van der Waals surface area contributed by atoms with Crippen molar-refractivity contribution in [3.63, 3.8) is 0 Å². The average molecular weight is 115 g/mol. The van der Waals surface area contributed by atoms with Gasteiger partial charge in [-0.1, -0.05) is 13.8 Å². The second-order valence-corrected chi connectivity index (χ2v) is 2.06. The Balaban J connectivity index is 3.25. The lowest BCUT2D eigenvalue weighted by atomic mass is 10.1. The third-order valence-electron chi connectivity index (χ3n) is 0.677. The van der Waals surface area contributed by atoms with Gasteiger partial charge in [0.05, 0.1) is 0 Å². The standard InChI is InChI=1S/C5H9NO2/c1-4(2)3-5(7)8-6/h4H,3H2,1-2H3. The highest BCUT2D eigenvalue weighted by Gasteiger charge is 2.03. The van der Waals surface area contributed by atoms with Crippen molar-refractivity contribution in [3.8, 4) is 0 Å². The van der Waals surface area contributed by atoms with Crippen molar-refractivity contribution in [1.82, 2.24) is 5.90 Å². The molecule has 0 amide bonds. The van der Waals surface area contributed by atoms with Crippen LogP contribution in [0.3, 0.4) is 0 Å². The minimum absolute atomic E-state index is 0.245. The number of hydrogen-bond donors (Lipinski definition) is 0. The topological polar surface area (TPSA) is 48.6 Å². The van der Waals surface area contributed by atoms with Gasteiger partial charge in [0.25, 0.3) is 0 Å². The van der Waals surface area contributed by atoms with Gasteiger partial charge < -0.3 is 4.84 Å². The lowest BCUT2D eigenvalue weighted by Gasteiger charge is -1.96. The minimum atomic E-state index is -0.569. The summed E-state index contributed by atoms with van der Waals surface area (Å²) in [6, 6.07) is 0. The Morgan fingerprint density at radius 1 is 1.75 bits per heavy atom. The Kier molecular flexibility index (Phi) is 3.19. The molecule has 0 saturated heterocycles. The second kappa shape index (κ2) is 3.43. The van der Waals surface area contributed by atoms with Crippen molar-refractivity contribution in [2.45, 2.75) is 20.3 Å². The molecule has 46 valence electrons. The van der Waals surface area contributed by atoms with Crippen LogP contribution >= 0.6 is 0 Å². The zero-order valence-electron chi connectivity index (χ0n) is 5.05. The molecule has 0 unspecified atom stereocenters. The summed E-state index contributed by atoms with van der Waals surface area (Å²) in [5.41, 5.74) is 0. The maximum absolute atomic E-state index is 10.2. The molecule has 0 bridgehead atoms. The fourth-order valence-corrected chi connectivity index (χ4v) is 0.371. The first-order valence-corrected chi connectivity index (χ1v) is 2.51. The van der Waals surface area contributed by atoms with Crippen LogP contribution in [0.4, 0.5) is 0 Å². The molecule has 0 aromatic rings. The van der Waals surface area contributed by atoms with Gasteiger partial charge in [-0.05, 0) is 5.92 Å². The molecule has 0 aromatic heterocycles. The number of hydrogen-bond acceptors (Lipinski definition) is 2. The van der Waals surface area contributed by atoms with Crippen molar-refractivity contribution in [2.24, 2.45) is 5.92 Å². The van der Waals surface area contributed by atoms with E-state index in [1.165, 1.54) is 0 Å². The smallest absolute Gasteiger partial charge is 0.329 e. The van der Waals surface area contributed by atoms with E-state index < -0.39 is 5.97 Å². The Labute approximate surface area is 48.8 Å². The van der Waals surface area contributed by atoms with Crippen molar-refractivity contribution in [1.29, 1.82) is 0 Å². The van der Waals surface area contributed by atoms with E-state index in [0.29, 0.717) is 0 Å². The number of carbonyl (C=O) groups is 1. The predicted octanol–water partition coefficient (Wildman–Crippen LogP) is 0.559. The molecule has 0 aliphatic heterocycles. The lowest BCUT2D eigenvalue weighted by molar-refractivity contribution is -0.146. The van der Waals surface area contributed by atoms with E-state index in [-0.39, 0.29) is 12.3 Å². The van der Waals surface area contributed by atoms with Crippen LogP contribution in [-0.4, -0.2) is 5.97 Å². The van der Waals surface area contributed by atoms with E-state index >= 15 is 0 Å². The lowest BCUT2D eigenvalue weighted by Crippen LogP contribution is -2.05. The quantitative estimate of drug-likeness (QED) is 0.493. The largest absolute Gasteiger partial charge is 0.329 e. The van der Waals surface area contributed by atoms with Gasteiger partial charge >= 0.3 is 5.97 Å². The first kappa shape index (κ1) is 7.43. The van der Waals surface area contributed by atoms with E-state index in [9.17, 15) is 4.79 Å². The molecule has 0 heterocycles. The fourth-order valence-electron chi connectivity index (χ4n) is 0.371. The van der Waals surface area contributed by atoms with Gasteiger partial charge in [0.15, 0.2) is 0 Å². The van der Waals surface area contributed by atoms with Gasteiger partial charge in [0, 0.05) is 6.42 Å². The van der Waals surface area contributed by atoms with Gasteiger partial charge in [-0.3, -0.25) is 4.79 Å². The van der Waals surface area contributed by atoms with Crippen molar-refractivity contribution >= 4 is 5.97 Å². The molecule has 0 aliphatic rings. The maximum atomic E-state index is 10.2. The van der Waals surface area contributed by atoms with Crippen LogP contribution in [0.15, 0.2) is 0 Å². The van der Waals surface area contributed by atoms with Gasteiger partial charge in [-0.25, -0.2) is 0 Å². The van der Waals surface area contributed by atoms with Crippen molar-refractivity contribution in [2.75, 3.05) is 0 Å². The molecule has 0 rings (SSSR count). The monoisotopic (exact) mass is 115 g/mol. The molecule has 0 N–H and O–H groups in total. The summed E-state index contributed by atoms with van der Waals surface area (Å²) >= 11 is 0. The Morgan fingerprint density at radius 3 is 2.38 bits per heavy atom. The van der Waals surface area contributed by atoms with Crippen LogP contribution in [0.25, 0.3) is 0 Å². The van der Waals surface area contributed by atoms with Gasteiger partial charge in [-0.2, -0.15) is 0 Å². The molecule has 2 radical (unpaired) electrons. The molecular weight excluding hydrogens is 106 g/mol. The highest BCUT2D eigenvalue weighted by Crippen LogP contribution is 1.98. The van der Waals surface area contributed by atoms with E-state index in [1.54, 1.807) is 0 Å². The third kappa shape index (κ3) is 3.61. The summed E-state index contributed by atoms with van der Waals surface area (Å²) < 4.78 is 0. The molecule has 0 aromatic carbocycles. The Bertz CT molecular complexity index is 80.5. The highest BCUT2D eigenvalue weighted by molar-refractivity contribution is 5.68. The summed E-state index contributed by atoms with van der Waals surface area (Å²) in [5, 5.41) is 0. The van der Waals surface area contributed by atoms with E-state index in [4.69, 9.17) is 5.90 Å². The van der Waals surface area contributed by atoms with Crippen LogP contribution in [0.5, 0.6) is 0 Å². The van der Waals surface area contributed by atoms with E-state index in [1.807, 2.05) is 13.8 Å². The fraction of sp³-hybridized carbons (Fsp3) is 0.800. The van der Waals surface area contributed by atoms with Crippen molar-refractivity contribution < 1.29 is 9.63 Å². The molecule has 0 aliphatic carbocycles. The first-order chi connectivity index (χ1) is 3.66. The molecular formula is C5H9NO2. The van der Waals surface area contributed by atoms with Crippen LogP contribution in [-0.2, 0) is 9.63 Å². The predicted molar refractivity (Wildman–Crippen MR) is 27.7 cm³/mol. The van der Waals surface area contributed by atoms with Gasteiger partial charge in [0.2, 0.25) is 0 Å². The summed E-state index contributed by atoms with van der Waals surface area (Å²) in [6.07, 6.45) is 0.274. The summed E-state index contributed by atoms with van der Waals surface area (Å²) in [6.45, 7) is 3.74. The van der Waals surface area contributed by atoms with Crippen LogP contribution in [0.1, 0.15) is 20.3 Å². The second-order valence-electron chi connectivity index (χ2n) is 2.06. The molecule has 0 spiro atoms. The average Bonchev–Trinajstić information content (AvgIpc) is 1.65. The summed E-state index contributed by atoms with van der Waals surface area (Å²) in [7, 11) is 0. The SMILES string of the molecule is CC(C)CC(=O)O[N]. The van der Waals surface area contributed by atoms with Crippen LogP contribution < -0.4 is 5.90 Å². The van der Waals surface area contributed by atoms with Crippen LogP contribution in [0.2, 0.25) is 0 Å². The van der Waals surface area contributed by atoms with Gasteiger partial charge in [0.1, 0.15) is 5.90 Å². The molecule has 0 atom stereocenters. The number of carbonyl (C=O) groups excluding carboxylic acids is 1. The molecule has 8 heavy (non-hydrogen) atoms. The molecule has 0 saturated carbocycles. The van der Waals surface area contributed by atoms with Crippen LogP contribution in [0, 0.1) is 5.92 Å². The zero-order valence-corrected chi connectivity index (χ0v) is 5.05.